The lowest BCUT2D eigenvalue weighted by molar-refractivity contribution is -0.131. The fourth-order valence-corrected chi connectivity index (χ4v) is 2.33. The molecule has 6 heteroatoms. The molecule has 1 aliphatic rings. The number of hydrogen-bond donors (Lipinski definition) is 2. The zero-order valence-corrected chi connectivity index (χ0v) is 11.8. The van der Waals surface area contributed by atoms with Crippen LogP contribution in [0.3, 0.4) is 0 Å². The van der Waals surface area contributed by atoms with E-state index in [4.69, 9.17) is 5.11 Å². The lowest BCUT2D eigenvalue weighted by Crippen LogP contribution is -2.30. The number of pyridine rings is 1. The Morgan fingerprint density at radius 1 is 1.48 bits per heavy atom. The van der Waals surface area contributed by atoms with E-state index in [9.17, 15) is 14.7 Å². The molecule has 2 unspecified atom stereocenters. The van der Waals surface area contributed by atoms with Gasteiger partial charge in [-0.05, 0) is 31.1 Å². The summed E-state index contributed by atoms with van der Waals surface area (Å²) in [6.07, 6.45) is 4.28. The monoisotopic (exact) mass is 290 g/mol. The molecule has 1 aliphatic heterocycles. The number of aliphatic hydroxyl groups excluding tert-OH is 1. The molecule has 0 radical (unpaired) electrons. The summed E-state index contributed by atoms with van der Waals surface area (Å²) < 4.78 is 0. The predicted molar refractivity (Wildman–Crippen MR) is 76.6 cm³/mol. The third-order valence-corrected chi connectivity index (χ3v) is 3.62. The van der Waals surface area contributed by atoms with Crippen LogP contribution in [0.25, 0.3) is 6.08 Å². The summed E-state index contributed by atoms with van der Waals surface area (Å²) in [6.45, 7) is 2.90. The summed E-state index contributed by atoms with van der Waals surface area (Å²) in [7, 11) is 0. The van der Waals surface area contributed by atoms with Gasteiger partial charge < -0.3 is 15.1 Å². The van der Waals surface area contributed by atoms with E-state index in [0.29, 0.717) is 24.3 Å². The SMILES string of the molecule is CC(O)C1CCN(C(=O)c2ccc(/C=C/C(=O)O)cn2)C1. The third kappa shape index (κ3) is 3.88. The number of aromatic nitrogens is 1. The van der Waals surface area contributed by atoms with Gasteiger partial charge >= 0.3 is 5.97 Å². The van der Waals surface area contributed by atoms with Crippen LogP contribution in [0, 0.1) is 5.92 Å². The van der Waals surface area contributed by atoms with Crippen molar-refractivity contribution in [2.45, 2.75) is 19.4 Å². The van der Waals surface area contributed by atoms with Crippen molar-refractivity contribution < 1.29 is 19.8 Å². The summed E-state index contributed by atoms with van der Waals surface area (Å²) in [5, 5.41) is 18.1. The Balaban J connectivity index is 2.02. The molecule has 1 aromatic heterocycles. The zero-order valence-electron chi connectivity index (χ0n) is 11.8. The Morgan fingerprint density at radius 3 is 2.76 bits per heavy atom. The van der Waals surface area contributed by atoms with Gasteiger partial charge in [-0.25, -0.2) is 4.79 Å². The number of carboxylic acids is 1. The van der Waals surface area contributed by atoms with Crippen molar-refractivity contribution in [2.24, 2.45) is 5.92 Å². The molecule has 21 heavy (non-hydrogen) atoms. The van der Waals surface area contributed by atoms with Gasteiger partial charge in [0.1, 0.15) is 5.69 Å². The van der Waals surface area contributed by atoms with Crippen LogP contribution in [0.2, 0.25) is 0 Å². The molecule has 1 saturated heterocycles. The van der Waals surface area contributed by atoms with Gasteiger partial charge in [-0.3, -0.25) is 9.78 Å². The molecular weight excluding hydrogens is 272 g/mol. The minimum Gasteiger partial charge on any atom is -0.478 e. The predicted octanol–water partition coefficient (Wildman–Crippen LogP) is 1.02. The Kier molecular flexibility index (Phi) is 4.70. The van der Waals surface area contributed by atoms with E-state index in [2.05, 4.69) is 4.98 Å². The number of amides is 1. The van der Waals surface area contributed by atoms with E-state index < -0.39 is 12.1 Å². The molecule has 1 aromatic rings. The molecule has 2 atom stereocenters. The Hall–Kier alpha value is -2.21. The number of aliphatic carboxylic acids is 1. The zero-order chi connectivity index (χ0) is 15.4. The largest absolute Gasteiger partial charge is 0.478 e. The van der Waals surface area contributed by atoms with Crippen molar-refractivity contribution >= 4 is 18.0 Å². The number of carbonyl (C=O) groups excluding carboxylic acids is 1. The maximum Gasteiger partial charge on any atom is 0.328 e. The van der Waals surface area contributed by atoms with Crippen molar-refractivity contribution in [3.8, 4) is 0 Å². The molecular formula is C15H18N2O4. The molecule has 2 rings (SSSR count). The van der Waals surface area contributed by atoms with Gasteiger partial charge in [0.2, 0.25) is 0 Å². The molecule has 0 aliphatic carbocycles. The van der Waals surface area contributed by atoms with Crippen LogP contribution in [-0.2, 0) is 4.79 Å². The van der Waals surface area contributed by atoms with Gasteiger partial charge in [-0.1, -0.05) is 6.07 Å². The molecule has 1 fully saturated rings. The van der Waals surface area contributed by atoms with Crippen LogP contribution in [0.4, 0.5) is 0 Å². The van der Waals surface area contributed by atoms with Gasteiger partial charge in [0.05, 0.1) is 6.10 Å². The molecule has 2 heterocycles. The first-order valence-electron chi connectivity index (χ1n) is 6.82. The summed E-state index contributed by atoms with van der Waals surface area (Å²) in [4.78, 5) is 28.4. The molecule has 6 nitrogen and oxygen atoms in total. The summed E-state index contributed by atoms with van der Waals surface area (Å²) in [6, 6.07) is 3.24. The maximum absolute atomic E-state index is 12.3. The number of carboxylic acid groups (broad SMARTS) is 1. The number of hydrogen-bond acceptors (Lipinski definition) is 4. The van der Waals surface area contributed by atoms with Gasteiger partial charge in [0, 0.05) is 31.3 Å². The highest BCUT2D eigenvalue weighted by atomic mass is 16.4. The van der Waals surface area contributed by atoms with Crippen molar-refractivity contribution in [1.82, 2.24) is 9.88 Å². The van der Waals surface area contributed by atoms with E-state index >= 15 is 0 Å². The molecule has 2 N–H and O–H groups in total. The second-order valence-electron chi connectivity index (χ2n) is 5.19. The van der Waals surface area contributed by atoms with E-state index in [0.717, 1.165) is 12.5 Å². The first-order chi connectivity index (χ1) is 9.97. The summed E-state index contributed by atoms with van der Waals surface area (Å²) >= 11 is 0. The Morgan fingerprint density at radius 2 is 2.24 bits per heavy atom. The topological polar surface area (TPSA) is 90.7 Å². The number of aliphatic hydroxyl groups is 1. The van der Waals surface area contributed by atoms with Crippen LogP contribution in [-0.4, -0.2) is 51.2 Å². The lowest BCUT2D eigenvalue weighted by atomic mass is 10.0. The van der Waals surface area contributed by atoms with Crippen molar-refractivity contribution in [1.29, 1.82) is 0 Å². The highest BCUT2D eigenvalue weighted by Crippen LogP contribution is 2.21. The number of rotatable bonds is 4. The number of likely N-dealkylation sites (tertiary alicyclic amines) is 1. The molecule has 0 aromatic carbocycles. The smallest absolute Gasteiger partial charge is 0.328 e. The minimum atomic E-state index is -1.03. The summed E-state index contributed by atoms with van der Waals surface area (Å²) in [5.41, 5.74) is 0.950. The Labute approximate surface area is 122 Å². The number of nitrogens with zero attached hydrogens (tertiary/aromatic N) is 2. The highest BCUT2D eigenvalue weighted by Gasteiger charge is 2.29. The fourth-order valence-electron chi connectivity index (χ4n) is 2.33. The van der Waals surface area contributed by atoms with Crippen molar-refractivity contribution in [3.63, 3.8) is 0 Å². The average Bonchev–Trinajstić information content (AvgIpc) is 2.95. The van der Waals surface area contributed by atoms with E-state index in [1.54, 1.807) is 24.0 Å². The second-order valence-corrected chi connectivity index (χ2v) is 5.19. The Bertz CT molecular complexity index is 551. The van der Waals surface area contributed by atoms with E-state index in [-0.39, 0.29) is 11.8 Å². The first kappa shape index (κ1) is 15.2. The van der Waals surface area contributed by atoms with Crippen molar-refractivity contribution in [3.05, 3.63) is 35.7 Å². The van der Waals surface area contributed by atoms with Crippen molar-refractivity contribution in [2.75, 3.05) is 13.1 Å². The standard InChI is InChI=1S/C15H18N2O4/c1-10(18)12-6-7-17(9-12)15(21)13-4-2-11(8-16-13)3-5-14(19)20/h2-5,8,10,12,18H,6-7,9H2,1H3,(H,19,20)/b5-3+. The van der Waals surface area contributed by atoms with Gasteiger partial charge in [-0.15, -0.1) is 0 Å². The molecule has 0 bridgehead atoms. The van der Waals surface area contributed by atoms with Crippen LogP contribution in [0.15, 0.2) is 24.4 Å². The number of carbonyl (C=O) groups is 2. The van der Waals surface area contributed by atoms with Gasteiger partial charge in [-0.2, -0.15) is 0 Å². The minimum absolute atomic E-state index is 0.117. The molecule has 112 valence electrons. The first-order valence-corrected chi connectivity index (χ1v) is 6.82. The normalized spacial score (nSPS) is 19.9. The average molecular weight is 290 g/mol. The second kappa shape index (κ2) is 6.49. The van der Waals surface area contributed by atoms with Gasteiger partial charge in [0.15, 0.2) is 0 Å². The molecule has 0 spiro atoms. The van der Waals surface area contributed by atoms with E-state index in [1.807, 2.05) is 0 Å². The van der Waals surface area contributed by atoms with Crippen LogP contribution >= 0.6 is 0 Å². The van der Waals surface area contributed by atoms with Crippen LogP contribution in [0.1, 0.15) is 29.4 Å². The third-order valence-electron chi connectivity index (χ3n) is 3.62. The van der Waals surface area contributed by atoms with Crippen LogP contribution in [0.5, 0.6) is 0 Å². The highest BCUT2D eigenvalue weighted by molar-refractivity contribution is 5.92. The van der Waals surface area contributed by atoms with Crippen LogP contribution < -0.4 is 0 Å². The molecule has 0 saturated carbocycles. The fraction of sp³-hybridized carbons (Fsp3) is 0.400. The molecule has 1 amide bonds. The quantitative estimate of drug-likeness (QED) is 0.808. The van der Waals surface area contributed by atoms with Gasteiger partial charge in [0.25, 0.3) is 5.91 Å². The summed E-state index contributed by atoms with van der Waals surface area (Å²) in [5.74, 6) is -1.07. The maximum atomic E-state index is 12.3. The van der Waals surface area contributed by atoms with E-state index in [1.165, 1.54) is 12.3 Å². The lowest BCUT2D eigenvalue weighted by Gasteiger charge is -2.17.